The fraction of sp³-hybridized carbons (Fsp3) is 0.933. The molecule has 0 fully saturated rings. The van der Waals surface area contributed by atoms with Gasteiger partial charge in [0.1, 0.15) is 0 Å². The van der Waals surface area contributed by atoms with E-state index < -0.39 is 16.1 Å². The van der Waals surface area contributed by atoms with E-state index >= 15 is 0 Å². The van der Waals surface area contributed by atoms with E-state index in [1.165, 1.54) is 38.5 Å². The van der Waals surface area contributed by atoms with Crippen molar-refractivity contribution in [2.24, 2.45) is 11.7 Å². The maximum absolute atomic E-state index is 11.6. The summed E-state index contributed by atoms with van der Waals surface area (Å²) in [6, 6.07) is 0. The van der Waals surface area contributed by atoms with Gasteiger partial charge in [-0.3, -0.25) is 4.79 Å². The average molecular weight is 345 g/mol. The van der Waals surface area contributed by atoms with Gasteiger partial charge in [0.05, 0.1) is 11.7 Å². The van der Waals surface area contributed by atoms with E-state index in [2.05, 4.69) is 11.1 Å². The topological polar surface area (TPSA) is 86.5 Å². The van der Waals surface area contributed by atoms with Crippen molar-refractivity contribution in [3.05, 3.63) is 0 Å². The van der Waals surface area contributed by atoms with E-state index in [0.29, 0.717) is 6.42 Å². The molecule has 1 unspecified atom stereocenters. The minimum atomic E-state index is -3.80. The first-order valence-electron chi connectivity index (χ1n) is 8.09. The molecule has 0 aliphatic rings. The van der Waals surface area contributed by atoms with Crippen LogP contribution in [0.3, 0.4) is 0 Å². The van der Waals surface area contributed by atoms with Crippen molar-refractivity contribution in [2.45, 2.75) is 71.6 Å². The van der Waals surface area contributed by atoms with Gasteiger partial charge in [-0.25, -0.2) is 0 Å². The molecule has 5 nitrogen and oxygen atoms in total. The van der Waals surface area contributed by atoms with Crippen LogP contribution < -0.4 is 35.3 Å². The van der Waals surface area contributed by atoms with Gasteiger partial charge in [0.15, 0.2) is 0 Å². The second-order valence-corrected chi connectivity index (χ2v) is 7.31. The third-order valence-electron chi connectivity index (χ3n) is 3.47. The normalized spacial score (nSPS) is 12.5. The van der Waals surface area contributed by atoms with Gasteiger partial charge in [0.2, 0.25) is 0 Å². The summed E-state index contributed by atoms with van der Waals surface area (Å²) in [6.45, 7) is 3.87. The summed E-state index contributed by atoms with van der Waals surface area (Å²) in [5.41, 5.74) is 5.15. The van der Waals surface area contributed by atoms with Crippen molar-refractivity contribution in [2.75, 3.05) is 12.3 Å². The van der Waals surface area contributed by atoms with Crippen LogP contribution in [0.15, 0.2) is 0 Å². The summed E-state index contributed by atoms with van der Waals surface area (Å²) in [5, 5.41) is 0. The van der Waals surface area contributed by atoms with Crippen molar-refractivity contribution in [3.63, 3.8) is 0 Å². The molecule has 7 heteroatoms. The molecule has 0 bridgehead atoms. The van der Waals surface area contributed by atoms with Gasteiger partial charge in [-0.1, -0.05) is 65.2 Å². The van der Waals surface area contributed by atoms with Crippen LogP contribution in [0, 0.1) is 5.92 Å². The number of unbranched alkanes of at least 4 members (excludes halogenated alkanes) is 7. The van der Waals surface area contributed by atoms with Gasteiger partial charge in [0, 0.05) is 6.54 Å². The number of nitrogens with two attached hydrogens (primary N) is 1. The molecule has 1 atom stereocenters. The Balaban J connectivity index is -0.00000200. The SMILES string of the molecule is CCCCCCCCCCC(C)C(=O)OS(=O)(=O)CCN.[H-].[Na+]. The maximum Gasteiger partial charge on any atom is 1.00 e. The Morgan fingerprint density at radius 3 is 2.09 bits per heavy atom. The molecular weight excluding hydrogens is 313 g/mol. The number of carbonyl (C=O) groups is 1. The Kier molecular flexibility index (Phi) is 16.7. The zero-order valence-electron chi connectivity index (χ0n) is 15.5. The third kappa shape index (κ3) is 14.0. The molecule has 0 heterocycles. The second kappa shape index (κ2) is 14.9. The van der Waals surface area contributed by atoms with Gasteiger partial charge in [-0.15, -0.1) is 0 Å². The molecule has 128 valence electrons. The van der Waals surface area contributed by atoms with Gasteiger partial charge in [-0.2, -0.15) is 8.42 Å². The molecular formula is C15H32NNaO4S. The Labute approximate surface area is 159 Å². The van der Waals surface area contributed by atoms with Crippen molar-refractivity contribution in [1.29, 1.82) is 0 Å². The van der Waals surface area contributed by atoms with Gasteiger partial charge in [0.25, 0.3) is 0 Å². The number of rotatable bonds is 13. The van der Waals surface area contributed by atoms with Gasteiger partial charge < -0.3 is 11.3 Å². The Morgan fingerprint density at radius 2 is 1.59 bits per heavy atom. The van der Waals surface area contributed by atoms with E-state index in [1.807, 2.05) is 0 Å². The number of hydrogen-bond acceptors (Lipinski definition) is 5. The Hall–Kier alpha value is 0.380. The molecule has 2 N–H and O–H groups in total. The monoisotopic (exact) mass is 345 g/mol. The first kappa shape index (κ1) is 24.6. The molecule has 0 aromatic carbocycles. The third-order valence-corrected chi connectivity index (χ3v) is 4.62. The minimum Gasteiger partial charge on any atom is -1.00 e. The summed E-state index contributed by atoms with van der Waals surface area (Å²) in [5.74, 6) is -1.35. The first-order valence-corrected chi connectivity index (χ1v) is 9.66. The maximum atomic E-state index is 11.6. The van der Waals surface area contributed by atoms with Crippen LogP contribution >= 0.6 is 0 Å². The molecule has 0 aromatic heterocycles. The molecule has 0 radical (unpaired) electrons. The zero-order chi connectivity index (χ0) is 16.1. The summed E-state index contributed by atoms with van der Waals surface area (Å²) >= 11 is 0. The first-order chi connectivity index (χ1) is 9.93. The number of hydrogen-bond donors (Lipinski definition) is 1. The van der Waals surface area contributed by atoms with Crippen LogP contribution in [0.4, 0.5) is 0 Å². The minimum absolute atomic E-state index is 0. The number of carbonyl (C=O) groups excluding carboxylic acids is 1. The van der Waals surface area contributed by atoms with E-state index in [9.17, 15) is 13.2 Å². The van der Waals surface area contributed by atoms with Crippen molar-refractivity contribution < 1.29 is 48.4 Å². The fourth-order valence-corrected chi connectivity index (χ4v) is 2.88. The molecule has 22 heavy (non-hydrogen) atoms. The van der Waals surface area contributed by atoms with Gasteiger partial charge >= 0.3 is 45.6 Å². The fourth-order valence-electron chi connectivity index (χ4n) is 2.10. The molecule has 0 aromatic rings. The average Bonchev–Trinajstić information content (AvgIpc) is 2.40. The van der Waals surface area contributed by atoms with Crippen molar-refractivity contribution in [1.82, 2.24) is 0 Å². The van der Waals surface area contributed by atoms with Crippen molar-refractivity contribution >= 4 is 16.1 Å². The smallest absolute Gasteiger partial charge is 1.00 e. The molecule has 0 rings (SSSR count). The molecule has 0 spiro atoms. The van der Waals surface area contributed by atoms with E-state index in [-0.39, 0.29) is 49.2 Å². The zero-order valence-corrected chi connectivity index (χ0v) is 17.3. The Morgan fingerprint density at radius 1 is 1.09 bits per heavy atom. The molecule has 0 saturated carbocycles. The van der Waals surface area contributed by atoms with Crippen LogP contribution in [0.2, 0.25) is 0 Å². The second-order valence-electron chi connectivity index (χ2n) is 5.62. The predicted octanol–water partition coefficient (Wildman–Crippen LogP) is 0.102. The quantitative estimate of drug-likeness (QED) is 0.291. The van der Waals surface area contributed by atoms with Gasteiger partial charge in [-0.05, 0) is 6.42 Å². The molecule has 0 saturated heterocycles. The van der Waals surface area contributed by atoms with E-state index in [4.69, 9.17) is 5.73 Å². The summed E-state index contributed by atoms with van der Waals surface area (Å²) in [4.78, 5) is 11.6. The van der Waals surface area contributed by atoms with E-state index in [0.717, 1.165) is 12.8 Å². The summed E-state index contributed by atoms with van der Waals surface area (Å²) in [7, 11) is -3.80. The summed E-state index contributed by atoms with van der Waals surface area (Å²) in [6.07, 6.45) is 10.3. The molecule has 0 aliphatic carbocycles. The van der Waals surface area contributed by atoms with Crippen LogP contribution in [-0.4, -0.2) is 26.7 Å². The largest absolute Gasteiger partial charge is 1.00 e. The standard InChI is InChI=1S/C15H31NO4S.Na.H/c1-3-4-5-6-7-8-9-10-11-14(2)15(17)20-21(18,19)13-12-16;;/h14H,3-13,16H2,1-2H3;;/q;+1;-1. The summed E-state index contributed by atoms with van der Waals surface area (Å²) < 4.78 is 27.2. The van der Waals surface area contributed by atoms with Crippen molar-refractivity contribution in [3.8, 4) is 0 Å². The predicted molar refractivity (Wildman–Crippen MR) is 86.4 cm³/mol. The molecule has 0 amide bonds. The van der Waals surface area contributed by atoms with Crippen LogP contribution in [0.1, 0.15) is 73.1 Å². The van der Waals surface area contributed by atoms with Crippen LogP contribution in [0.25, 0.3) is 0 Å². The van der Waals surface area contributed by atoms with Crippen LogP contribution in [-0.2, 0) is 19.1 Å². The molecule has 0 aliphatic heterocycles. The van der Waals surface area contributed by atoms with Crippen LogP contribution in [0.5, 0.6) is 0 Å². The Bertz CT molecular complexity index is 380. The van der Waals surface area contributed by atoms with E-state index in [1.54, 1.807) is 6.92 Å².